The molecular formula is C23H26FN3O5. The second-order valence-electron chi connectivity index (χ2n) is 7.23. The number of likely N-dealkylation sites (N-methyl/N-ethyl adjacent to an activating group) is 1. The first kappa shape index (κ1) is 24.5. The molecule has 0 unspecified atom stereocenters. The smallest absolute Gasteiger partial charge is 0.337 e. The lowest BCUT2D eigenvalue weighted by Crippen LogP contribution is -2.36. The van der Waals surface area contributed by atoms with Crippen molar-refractivity contribution in [1.82, 2.24) is 9.88 Å². The zero-order valence-corrected chi connectivity index (χ0v) is 18.5. The molecule has 2 amide bonds. The number of esters is 1. The molecule has 0 radical (unpaired) electrons. The molecule has 0 saturated heterocycles. The van der Waals surface area contributed by atoms with Crippen molar-refractivity contribution in [3.05, 3.63) is 64.7 Å². The number of hydrogen-bond donors (Lipinski definition) is 1. The molecule has 1 aromatic carbocycles. The van der Waals surface area contributed by atoms with Gasteiger partial charge in [-0.25, -0.2) is 9.18 Å². The molecule has 32 heavy (non-hydrogen) atoms. The van der Waals surface area contributed by atoms with E-state index in [1.165, 1.54) is 30.2 Å². The molecular weight excluding hydrogens is 417 g/mol. The maximum Gasteiger partial charge on any atom is 0.337 e. The number of hydrogen-bond acceptors (Lipinski definition) is 6. The minimum atomic E-state index is -0.727. The molecule has 2 rings (SSSR count). The molecule has 8 nitrogen and oxygen atoms in total. The number of carbonyl (C=O) groups excluding carboxylic acids is 3. The van der Waals surface area contributed by atoms with Crippen LogP contribution in [0.1, 0.15) is 30.7 Å². The number of halogens is 1. The van der Waals surface area contributed by atoms with Gasteiger partial charge in [-0.05, 0) is 49.6 Å². The molecule has 0 atom stereocenters. The third kappa shape index (κ3) is 6.13. The summed E-state index contributed by atoms with van der Waals surface area (Å²) in [6, 6.07) is 7.51. The van der Waals surface area contributed by atoms with Crippen LogP contribution in [0.2, 0.25) is 0 Å². The number of aliphatic hydroxyl groups excluding tert-OH is 1. The second-order valence-corrected chi connectivity index (χ2v) is 7.23. The van der Waals surface area contributed by atoms with Crippen LogP contribution in [0.5, 0.6) is 0 Å². The second kappa shape index (κ2) is 11.0. The molecule has 1 N–H and O–H groups in total. The van der Waals surface area contributed by atoms with Gasteiger partial charge in [0.25, 0.3) is 0 Å². The number of anilines is 1. The number of aliphatic hydroxyl groups is 1. The molecule has 0 saturated carbocycles. The van der Waals surface area contributed by atoms with Crippen LogP contribution in [0, 0.1) is 5.82 Å². The van der Waals surface area contributed by atoms with E-state index in [0.717, 1.165) is 10.5 Å². The maximum atomic E-state index is 13.2. The molecule has 1 heterocycles. The lowest BCUT2D eigenvalue weighted by molar-refractivity contribution is -0.138. The van der Waals surface area contributed by atoms with Crippen molar-refractivity contribution in [2.24, 2.45) is 0 Å². The molecule has 9 heteroatoms. The molecule has 2 aromatic rings. The molecule has 0 aliphatic rings. The standard InChI is InChI=1S/C23H26FN3O5/c1-5-32-23(31)15(2)22(30)21-19(27(14-28)13-20(29)26(3)4)11-17(12-25-21)10-16-6-8-18(24)9-7-16/h6-9,11-12,14,30H,5,10,13H2,1-4H3/b22-15-. The zero-order valence-electron chi connectivity index (χ0n) is 18.5. The minimum absolute atomic E-state index is 0.0444. The van der Waals surface area contributed by atoms with Crippen molar-refractivity contribution in [3.63, 3.8) is 0 Å². The topological polar surface area (TPSA) is 100 Å². The number of ether oxygens (including phenoxy) is 1. The normalized spacial score (nSPS) is 11.4. The van der Waals surface area contributed by atoms with Crippen LogP contribution in [0.25, 0.3) is 5.76 Å². The summed E-state index contributed by atoms with van der Waals surface area (Å²) in [4.78, 5) is 42.8. The highest BCUT2D eigenvalue weighted by Crippen LogP contribution is 2.28. The summed E-state index contributed by atoms with van der Waals surface area (Å²) in [5.41, 5.74) is 1.47. The predicted octanol–water partition coefficient (Wildman–Crippen LogP) is 2.71. The van der Waals surface area contributed by atoms with Crippen LogP contribution >= 0.6 is 0 Å². The average molecular weight is 443 g/mol. The van der Waals surface area contributed by atoms with Gasteiger partial charge in [0.2, 0.25) is 12.3 Å². The Kier molecular flexibility index (Phi) is 8.46. The Labute approximate surface area is 185 Å². The van der Waals surface area contributed by atoms with E-state index in [0.29, 0.717) is 18.4 Å². The van der Waals surface area contributed by atoms with Gasteiger partial charge in [0.1, 0.15) is 18.1 Å². The highest BCUT2D eigenvalue weighted by molar-refractivity contribution is 5.98. The van der Waals surface area contributed by atoms with E-state index < -0.39 is 11.7 Å². The summed E-state index contributed by atoms with van der Waals surface area (Å²) in [6.45, 7) is 2.84. The summed E-state index contributed by atoms with van der Waals surface area (Å²) in [5, 5.41) is 10.7. The number of amides is 2. The lowest BCUT2D eigenvalue weighted by Gasteiger charge is -2.22. The Bertz CT molecular complexity index is 1020. The number of rotatable bonds is 9. The lowest BCUT2D eigenvalue weighted by atomic mass is 10.0. The summed E-state index contributed by atoms with van der Waals surface area (Å²) in [5.74, 6) is -1.90. The van der Waals surface area contributed by atoms with Gasteiger partial charge in [-0.1, -0.05) is 12.1 Å². The molecule has 170 valence electrons. The van der Waals surface area contributed by atoms with Crippen LogP contribution in [-0.4, -0.2) is 60.5 Å². The Balaban J connectivity index is 2.55. The molecule has 0 bridgehead atoms. The molecule has 0 fully saturated rings. The van der Waals surface area contributed by atoms with Gasteiger partial charge < -0.3 is 19.6 Å². The van der Waals surface area contributed by atoms with Gasteiger partial charge in [-0.15, -0.1) is 0 Å². The van der Waals surface area contributed by atoms with E-state index in [1.807, 2.05) is 0 Å². The average Bonchev–Trinajstić information content (AvgIpc) is 2.77. The highest BCUT2D eigenvalue weighted by Gasteiger charge is 2.22. The van der Waals surface area contributed by atoms with Crippen molar-refractivity contribution < 1.29 is 28.6 Å². The summed E-state index contributed by atoms with van der Waals surface area (Å²) in [7, 11) is 3.11. The number of aromatic nitrogens is 1. The molecule has 0 aliphatic carbocycles. The van der Waals surface area contributed by atoms with Gasteiger partial charge in [-0.2, -0.15) is 0 Å². The van der Waals surface area contributed by atoms with Crippen LogP contribution in [-0.2, 0) is 25.5 Å². The first-order valence-corrected chi connectivity index (χ1v) is 9.90. The van der Waals surface area contributed by atoms with Gasteiger partial charge in [0.15, 0.2) is 5.76 Å². The monoisotopic (exact) mass is 443 g/mol. The quantitative estimate of drug-likeness (QED) is 0.277. The fourth-order valence-corrected chi connectivity index (χ4v) is 2.81. The van der Waals surface area contributed by atoms with Crippen LogP contribution in [0.3, 0.4) is 0 Å². The summed E-state index contributed by atoms with van der Waals surface area (Å²) in [6.07, 6.45) is 2.31. The summed E-state index contributed by atoms with van der Waals surface area (Å²) < 4.78 is 18.1. The van der Waals surface area contributed by atoms with Crippen LogP contribution in [0.15, 0.2) is 42.1 Å². The van der Waals surface area contributed by atoms with Crippen LogP contribution in [0.4, 0.5) is 10.1 Å². The van der Waals surface area contributed by atoms with E-state index >= 15 is 0 Å². The summed E-state index contributed by atoms with van der Waals surface area (Å²) >= 11 is 0. The van der Waals surface area contributed by atoms with Gasteiger partial charge in [0, 0.05) is 20.3 Å². The van der Waals surface area contributed by atoms with Crippen molar-refractivity contribution in [1.29, 1.82) is 0 Å². The fourth-order valence-electron chi connectivity index (χ4n) is 2.81. The first-order chi connectivity index (χ1) is 15.2. The number of benzene rings is 1. The third-order valence-electron chi connectivity index (χ3n) is 4.65. The Morgan fingerprint density at radius 1 is 1.19 bits per heavy atom. The van der Waals surface area contributed by atoms with Crippen molar-refractivity contribution in [3.8, 4) is 0 Å². The molecule has 0 aliphatic heterocycles. The van der Waals surface area contributed by atoms with Crippen molar-refractivity contribution in [2.45, 2.75) is 20.3 Å². The van der Waals surface area contributed by atoms with Gasteiger partial charge in [-0.3, -0.25) is 14.6 Å². The number of nitrogens with zero attached hydrogens (tertiary/aromatic N) is 3. The molecule has 0 spiro atoms. The Hall–Kier alpha value is -3.75. The van der Waals surface area contributed by atoms with Crippen molar-refractivity contribution >= 4 is 29.7 Å². The number of carbonyl (C=O) groups is 3. The Morgan fingerprint density at radius 2 is 1.84 bits per heavy atom. The van der Waals surface area contributed by atoms with E-state index in [1.54, 1.807) is 39.2 Å². The molecule has 1 aromatic heterocycles. The van der Waals surface area contributed by atoms with E-state index in [2.05, 4.69) is 4.98 Å². The Morgan fingerprint density at radius 3 is 2.41 bits per heavy atom. The SMILES string of the molecule is CCOC(=O)/C(C)=C(\O)c1ncc(Cc2ccc(F)cc2)cc1N(C=O)CC(=O)N(C)C. The third-order valence-corrected chi connectivity index (χ3v) is 4.65. The fraction of sp³-hybridized carbons (Fsp3) is 0.304. The van der Waals surface area contributed by atoms with Gasteiger partial charge in [0.05, 0.1) is 17.9 Å². The van der Waals surface area contributed by atoms with Gasteiger partial charge >= 0.3 is 5.97 Å². The largest absolute Gasteiger partial charge is 0.505 e. The van der Waals surface area contributed by atoms with Crippen LogP contribution < -0.4 is 4.90 Å². The van der Waals surface area contributed by atoms with Crippen molar-refractivity contribution in [2.75, 3.05) is 32.1 Å². The van der Waals surface area contributed by atoms with E-state index in [9.17, 15) is 23.9 Å². The highest BCUT2D eigenvalue weighted by atomic mass is 19.1. The zero-order chi connectivity index (χ0) is 23.8. The maximum absolute atomic E-state index is 13.2. The minimum Gasteiger partial charge on any atom is -0.505 e. The number of pyridine rings is 1. The van der Waals surface area contributed by atoms with E-state index in [-0.39, 0.29) is 41.8 Å². The van der Waals surface area contributed by atoms with E-state index in [4.69, 9.17) is 4.74 Å². The predicted molar refractivity (Wildman–Crippen MR) is 117 cm³/mol. The first-order valence-electron chi connectivity index (χ1n) is 9.90.